The van der Waals surface area contributed by atoms with Crippen molar-refractivity contribution in [1.29, 1.82) is 0 Å². The van der Waals surface area contributed by atoms with Crippen LogP contribution in [0.4, 0.5) is 0 Å². The van der Waals surface area contributed by atoms with E-state index in [1.807, 2.05) is 0 Å². The van der Waals surface area contributed by atoms with E-state index in [-0.39, 0.29) is 0 Å². The Morgan fingerprint density at radius 3 is 2.44 bits per heavy atom. The highest BCUT2D eigenvalue weighted by Crippen LogP contribution is 1.80. The van der Waals surface area contributed by atoms with Crippen molar-refractivity contribution < 1.29 is 9.69 Å². The number of rotatable bonds is 1. The first kappa shape index (κ1) is 6.55. The Morgan fingerprint density at radius 1 is 1.44 bits per heavy atom. The van der Waals surface area contributed by atoms with Gasteiger partial charge in [-0.1, -0.05) is 0 Å². The third kappa shape index (κ3) is 1.68. The van der Waals surface area contributed by atoms with Gasteiger partial charge in [-0.15, -0.1) is 0 Å². The Kier molecular flexibility index (Phi) is 2.05. The minimum atomic E-state index is 0.863. The number of piperazine rings is 1. The van der Waals surface area contributed by atoms with Gasteiger partial charge in [-0.25, -0.2) is 0 Å². The SMILES string of the molecule is [CH2-][NH+]1CCN(C=O)CC1. The molecule has 3 heteroatoms. The Bertz CT molecular complexity index is 97.2. The highest BCUT2D eigenvalue weighted by atomic mass is 16.1. The summed E-state index contributed by atoms with van der Waals surface area (Å²) in [5, 5.41) is 0. The van der Waals surface area contributed by atoms with E-state index < -0.39 is 0 Å². The van der Waals surface area contributed by atoms with Crippen LogP contribution < -0.4 is 4.90 Å². The summed E-state index contributed by atoms with van der Waals surface area (Å²) >= 11 is 0. The molecular weight excluding hydrogens is 116 g/mol. The molecule has 1 aliphatic heterocycles. The van der Waals surface area contributed by atoms with Gasteiger partial charge in [0.2, 0.25) is 6.41 Å². The summed E-state index contributed by atoms with van der Waals surface area (Å²) in [6.07, 6.45) is 0.909. The third-order valence-electron chi connectivity index (χ3n) is 1.65. The summed E-state index contributed by atoms with van der Waals surface area (Å²) in [6.45, 7) is 3.70. The fraction of sp³-hybridized carbons (Fsp3) is 0.667. The number of quaternary nitrogens is 1. The van der Waals surface area contributed by atoms with Crippen molar-refractivity contribution >= 4 is 6.41 Å². The summed E-state index contributed by atoms with van der Waals surface area (Å²) in [5.74, 6) is 0. The van der Waals surface area contributed by atoms with Crippen LogP contribution in [0.5, 0.6) is 0 Å². The standard InChI is InChI=1S/C6H12N2O/c1-7-2-4-8(6-9)5-3-7/h6-7H,1-5H2. The van der Waals surface area contributed by atoms with Crippen molar-refractivity contribution in [3.8, 4) is 0 Å². The summed E-state index contributed by atoms with van der Waals surface area (Å²) in [5.41, 5.74) is 0. The lowest BCUT2D eigenvalue weighted by molar-refractivity contribution is -0.858. The summed E-state index contributed by atoms with van der Waals surface area (Å²) in [4.78, 5) is 13.2. The fourth-order valence-electron chi connectivity index (χ4n) is 0.946. The van der Waals surface area contributed by atoms with E-state index in [0.717, 1.165) is 32.6 Å². The van der Waals surface area contributed by atoms with E-state index >= 15 is 0 Å². The Morgan fingerprint density at radius 2 is 2.00 bits per heavy atom. The molecule has 1 saturated heterocycles. The number of nitrogens with one attached hydrogen (secondary N) is 1. The Balaban J connectivity index is 2.26. The zero-order valence-electron chi connectivity index (χ0n) is 5.47. The molecule has 1 fully saturated rings. The molecule has 0 unspecified atom stereocenters. The lowest BCUT2D eigenvalue weighted by Gasteiger charge is -2.31. The maximum Gasteiger partial charge on any atom is 0.210 e. The van der Waals surface area contributed by atoms with Crippen LogP contribution in [0.25, 0.3) is 0 Å². The number of amides is 1. The molecule has 0 saturated carbocycles. The van der Waals surface area contributed by atoms with Crippen molar-refractivity contribution in [1.82, 2.24) is 4.90 Å². The number of carbonyl (C=O) groups is 1. The van der Waals surface area contributed by atoms with E-state index in [1.54, 1.807) is 4.90 Å². The molecule has 1 heterocycles. The number of hydrogen-bond acceptors (Lipinski definition) is 1. The second kappa shape index (κ2) is 2.82. The van der Waals surface area contributed by atoms with Gasteiger partial charge in [-0.05, 0) is 0 Å². The molecule has 0 spiro atoms. The van der Waals surface area contributed by atoms with Gasteiger partial charge in [0.25, 0.3) is 0 Å². The van der Waals surface area contributed by atoms with Gasteiger partial charge < -0.3 is 9.80 Å². The first-order valence-electron chi connectivity index (χ1n) is 3.19. The molecule has 1 N–H and O–H groups in total. The predicted octanol–water partition coefficient (Wildman–Crippen LogP) is -1.87. The molecule has 52 valence electrons. The zero-order chi connectivity index (χ0) is 6.69. The molecule has 0 aromatic rings. The van der Waals surface area contributed by atoms with Gasteiger partial charge in [-0.2, -0.15) is 7.05 Å². The largest absolute Gasteiger partial charge is 0.465 e. The normalized spacial score (nSPS) is 22.1. The molecule has 3 nitrogen and oxygen atoms in total. The first-order valence-corrected chi connectivity index (χ1v) is 3.19. The highest BCUT2D eigenvalue weighted by Gasteiger charge is 2.10. The molecule has 9 heavy (non-hydrogen) atoms. The minimum Gasteiger partial charge on any atom is -0.465 e. The van der Waals surface area contributed by atoms with E-state index in [4.69, 9.17) is 0 Å². The van der Waals surface area contributed by atoms with E-state index in [0.29, 0.717) is 0 Å². The van der Waals surface area contributed by atoms with Crippen LogP contribution in [0.1, 0.15) is 0 Å². The maximum atomic E-state index is 10.2. The summed E-state index contributed by atoms with van der Waals surface area (Å²) < 4.78 is 0. The number of nitrogens with zero attached hydrogens (tertiary/aromatic N) is 1. The summed E-state index contributed by atoms with van der Waals surface area (Å²) in [6, 6.07) is 0. The number of hydrogen-bond donors (Lipinski definition) is 1. The molecular formula is C6H12N2O. The molecule has 1 rings (SSSR count). The van der Waals surface area contributed by atoms with Gasteiger partial charge in [-0.3, -0.25) is 4.79 Å². The molecule has 1 aliphatic rings. The average molecular weight is 128 g/mol. The van der Waals surface area contributed by atoms with Gasteiger partial charge in [0, 0.05) is 0 Å². The van der Waals surface area contributed by atoms with Crippen LogP contribution in [-0.4, -0.2) is 37.5 Å². The molecule has 0 aromatic heterocycles. The number of carbonyl (C=O) groups excluding carboxylic acids is 1. The fourth-order valence-corrected chi connectivity index (χ4v) is 0.946. The Hall–Kier alpha value is -0.570. The lowest BCUT2D eigenvalue weighted by Crippen LogP contribution is -3.10. The zero-order valence-corrected chi connectivity index (χ0v) is 5.47. The van der Waals surface area contributed by atoms with Crippen molar-refractivity contribution in [2.24, 2.45) is 0 Å². The predicted molar refractivity (Wildman–Crippen MR) is 33.7 cm³/mol. The van der Waals surface area contributed by atoms with Crippen molar-refractivity contribution in [3.05, 3.63) is 7.05 Å². The van der Waals surface area contributed by atoms with Gasteiger partial charge in [0.15, 0.2) is 0 Å². The average Bonchev–Trinajstić information content (AvgIpc) is 1.90. The molecule has 0 aliphatic carbocycles. The highest BCUT2D eigenvalue weighted by molar-refractivity contribution is 5.46. The van der Waals surface area contributed by atoms with E-state index in [9.17, 15) is 4.79 Å². The van der Waals surface area contributed by atoms with Crippen LogP contribution >= 0.6 is 0 Å². The third-order valence-corrected chi connectivity index (χ3v) is 1.65. The van der Waals surface area contributed by atoms with E-state index in [2.05, 4.69) is 7.05 Å². The summed E-state index contributed by atoms with van der Waals surface area (Å²) in [7, 11) is 3.84. The minimum absolute atomic E-state index is 0.863. The molecule has 0 bridgehead atoms. The van der Waals surface area contributed by atoms with Crippen LogP contribution in [-0.2, 0) is 4.79 Å². The van der Waals surface area contributed by atoms with Crippen molar-refractivity contribution in [2.75, 3.05) is 26.2 Å². The second-order valence-electron chi connectivity index (χ2n) is 2.39. The second-order valence-corrected chi connectivity index (χ2v) is 2.39. The lowest BCUT2D eigenvalue weighted by atomic mass is 10.4. The van der Waals surface area contributed by atoms with Gasteiger partial charge >= 0.3 is 0 Å². The Labute approximate surface area is 55.2 Å². The van der Waals surface area contributed by atoms with Crippen LogP contribution in [0, 0.1) is 7.05 Å². The smallest absolute Gasteiger partial charge is 0.210 e. The first-order chi connectivity index (χ1) is 4.33. The van der Waals surface area contributed by atoms with Crippen LogP contribution in [0.2, 0.25) is 0 Å². The van der Waals surface area contributed by atoms with Crippen molar-refractivity contribution in [2.45, 2.75) is 0 Å². The van der Waals surface area contributed by atoms with Crippen LogP contribution in [0.15, 0.2) is 0 Å². The van der Waals surface area contributed by atoms with Crippen molar-refractivity contribution in [3.63, 3.8) is 0 Å². The van der Waals surface area contributed by atoms with Gasteiger partial charge in [0.05, 0.1) is 26.2 Å². The van der Waals surface area contributed by atoms with Crippen LogP contribution in [0.3, 0.4) is 0 Å². The molecule has 0 radical (unpaired) electrons. The van der Waals surface area contributed by atoms with E-state index in [1.165, 1.54) is 4.90 Å². The molecule has 0 aromatic carbocycles. The quantitative estimate of drug-likeness (QED) is 0.325. The molecule has 0 atom stereocenters. The van der Waals surface area contributed by atoms with Gasteiger partial charge in [0.1, 0.15) is 0 Å². The monoisotopic (exact) mass is 128 g/mol. The molecule has 1 amide bonds. The topological polar surface area (TPSA) is 24.8 Å². The maximum absolute atomic E-state index is 10.2.